The van der Waals surface area contributed by atoms with Gasteiger partial charge < -0.3 is 24.6 Å². The molecule has 0 spiro atoms. The Kier molecular flexibility index (Phi) is 7.27. The zero-order chi connectivity index (χ0) is 21.5. The number of carbonyl (C=O) groups excluding carboxylic acids is 1. The Morgan fingerprint density at radius 2 is 1.71 bits per heavy atom. The van der Waals surface area contributed by atoms with Crippen molar-refractivity contribution in [3.8, 4) is 5.75 Å². The number of anilines is 2. The molecule has 0 bridgehead atoms. The SMILES string of the molecule is COc1cccc(NCCN2CCN(c3ccccc3)CC2)c1C(=O)N1CCOCC1. The molecule has 2 heterocycles. The van der Waals surface area contributed by atoms with Gasteiger partial charge in [0, 0.05) is 58.0 Å². The van der Waals surface area contributed by atoms with E-state index in [1.807, 2.05) is 23.1 Å². The number of piperazine rings is 1. The van der Waals surface area contributed by atoms with Gasteiger partial charge in [-0.3, -0.25) is 9.69 Å². The van der Waals surface area contributed by atoms with Gasteiger partial charge in [-0.25, -0.2) is 0 Å². The first-order valence-electron chi connectivity index (χ1n) is 11.1. The summed E-state index contributed by atoms with van der Waals surface area (Å²) in [6, 6.07) is 16.3. The van der Waals surface area contributed by atoms with E-state index in [4.69, 9.17) is 9.47 Å². The molecule has 2 saturated heterocycles. The summed E-state index contributed by atoms with van der Waals surface area (Å²) in [4.78, 5) is 19.9. The van der Waals surface area contributed by atoms with E-state index in [2.05, 4.69) is 45.4 Å². The fourth-order valence-electron chi connectivity index (χ4n) is 4.21. The highest BCUT2D eigenvalue weighted by atomic mass is 16.5. The van der Waals surface area contributed by atoms with Crippen LogP contribution in [0.4, 0.5) is 11.4 Å². The zero-order valence-electron chi connectivity index (χ0n) is 18.3. The summed E-state index contributed by atoms with van der Waals surface area (Å²) in [6.07, 6.45) is 0. The Labute approximate surface area is 184 Å². The Balaban J connectivity index is 1.33. The molecule has 2 fully saturated rings. The van der Waals surface area contributed by atoms with Gasteiger partial charge in [-0.05, 0) is 24.3 Å². The molecule has 4 rings (SSSR count). The highest BCUT2D eigenvalue weighted by Gasteiger charge is 2.25. The van der Waals surface area contributed by atoms with Gasteiger partial charge in [0.05, 0.1) is 26.0 Å². The van der Waals surface area contributed by atoms with Gasteiger partial charge in [0.2, 0.25) is 0 Å². The summed E-state index contributed by atoms with van der Waals surface area (Å²) in [5, 5.41) is 3.48. The maximum absolute atomic E-state index is 13.2. The van der Waals surface area contributed by atoms with E-state index in [0.717, 1.165) is 45.0 Å². The van der Waals surface area contributed by atoms with Crippen LogP contribution < -0.4 is 15.0 Å². The number of hydrogen-bond donors (Lipinski definition) is 1. The van der Waals surface area contributed by atoms with Gasteiger partial charge in [-0.2, -0.15) is 0 Å². The van der Waals surface area contributed by atoms with Gasteiger partial charge >= 0.3 is 0 Å². The van der Waals surface area contributed by atoms with Gasteiger partial charge in [-0.15, -0.1) is 0 Å². The Morgan fingerprint density at radius 1 is 0.968 bits per heavy atom. The molecule has 0 aliphatic carbocycles. The quantitative estimate of drug-likeness (QED) is 0.737. The topological polar surface area (TPSA) is 57.3 Å². The summed E-state index contributed by atoms with van der Waals surface area (Å²) in [5.74, 6) is 0.609. The number of carbonyl (C=O) groups is 1. The fourth-order valence-corrected chi connectivity index (χ4v) is 4.21. The van der Waals surface area contributed by atoms with Crippen LogP contribution in [-0.2, 0) is 4.74 Å². The minimum Gasteiger partial charge on any atom is -0.496 e. The van der Waals surface area contributed by atoms with Crippen molar-refractivity contribution in [2.24, 2.45) is 0 Å². The zero-order valence-corrected chi connectivity index (χ0v) is 18.3. The number of hydrogen-bond acceptors (Lipinski definition) is 6. The van der Waals surface area contributed by atoms with Crippen LogP contribution >= 0.6 is 0 Å². The Morgan fingerprint density at radius 3 is 2.42 bits per heavy atom. The number of rotatable bonds is 7. The van der Waals surface area contributed by atoms with Gasteiger partial charge in [0.1, 0.15) is 11.3 Å². The molecule has 2 aromatic rings. The number of benzene rings is 2. The van der Waals surface area contributed by atoms with Crippen LogP contribution in [0.1, 0.15) is 10.4 Å². The lowest BCUT2D eigenvalue weighted by Gasteiger charge is -2.36. The second kappa shape index (κ2) is 10.5. The van der Waals surface area contributed by atoms with E-state index < -0.39 is 0 Å². The predicted molar refractivity (Wildman–Crippen MR) is 123 cm³/mol. The minimum atomic E-state index is -0.000254. The average molecular weight is 425 g/mol. The summed E-state index contributed by atoms with van der Waals surface area (Å²) in [6.45, 7) is 8.24. The average Bonchev–Trinajstić information content (AvgIpc) is 2.85. The monoisotopic (exact) mass is 424 g/mol. The van der Waals surface area contributed by atoms with E-state index in [9.17, 15) is 4.79 Å². The smallest absolute Gasteiger partial charge is 0.259 e. The standard InChI is InChI=1S/C24H32N4O3/c1-30-22-9-5-8-21(23(22)24(29)28-16-18-31-19-17-28)25-10-11-26-12-14-27(15-13-26)20-6-3-2-4-7-20/h2-9,25H,10-19H2,1H3. The van der Waals surface area contributed by atoms with E-state index in [1.165, 1.54) is 5.69 Å². The molecule has 2 aromatic carbocycles. The van der Waals surface area contributed by atoms with Crippen molar-refractivity contribution < 1.29 is 14.3 Å². The number of para-hydroxylation sites is 1. The molecular weight excluding hydrogens is 392 g/mol. The first-order chi connectivity index (χ1) is 15.3. The maximum atomic E-state index is 13.2. The number of methoxy groups -OCH3 is 1. The van der Waals surface area contributed by atoms with Crippen LogP contribution in [0.3, 0.4) is 0 Å². The van der Waals surface area contributed by atoms with Gasteiger partial charge in [-0.1, -0.05) is 24.3 Å². The van der Waals surface area contributed by atoms with Crippen molar-refractivity contribution in [2.45, 2.75) is 0 Å². The largest absolute Gasteiger partial charge is 0.496 e. The van der Waals surface area contributed by atoms with Crippen molar-refractivity contribution in [2.75, 3.05) is 82.9 Å². The molecule has 0 unspecified atom stereocenters. The molecule has 1 amide bonds. The van der Waals surface area contributed by atoms with Gasteiger partial charge in [0.15, 0.2) is 0 Å². The number of nitrogens with one attached hydrogen (secondary N) is 1. The summed E-state index contributed by atoms with van der Waals surface area (Å²) < 4.78 is 10.9. The molecule has 0 aromatic heterocycles. The van der Waals surface area contributed by atoms with Crippen molar-refractivity contribution >= 4 is 17.3 Å². The highest BCUT2D eigenvalue weighted by Crippen LogP contribution is 2.28. The normalized spacial score (nSPS) is 17.5. The molecule has 31 heavy (non-hydrogen) atoms. The third-order valence-electron chi connectivity index (χ3n) is 6.00. The summed E-state index contributed by atoms with van der Waals surface area (Å²) >= 11 is 0. The van der Waals surface area contributed by atoms with Crippen LogP contribution in [0.5, 0.6) is 5.75 Å². The van der Waals surface area contributed by atoms with Gasteiger partial charge in [0.25, 0.3) is 5.91 Å². The van der Waals surface area contributed by atoms with Crippen LogP contribution in [0.25, 0.3) is 0 Å². The lowest BCUT2D eigenvalue weighted by atomic mass is 10.1. The predicted octanol–water partition coefficient (Wildman–Crippen LogP) is 2.40. The molecule has 2 aliphatic rings. The van der Waals surface area contributed by atoms with Crippen molar-refractivity contribution in [1.82, 2.24) is 9.80 Å². The lowest BCUT2D eigenvalue weighted by Crippen LogP contribution is -2.47. The minimum absolute atomic E-state index is 0.000254. The Hall–Kier alpha value is -2.77. The third kappa shape index (κ3) is 5.29. The number of amides is 1. The first-order valence-corrected chi connectivity index (χ1v) is 11.1. The molecule has 0 radical (unpaired) electrons. The molecule has 7 nitrogen and oxygen atoms in total. The first kappa shape index (κ1) is 21.5. The van der Waals surface area contributed by atoms with E-state index in [-0.39, 0.29) is 5.91 Å². The Bertz CT molecular complexity index is 847. The molecule has 0 saturated carbocycles. The molecule has 7 heteroatoms. The molecule has 166 valence electrons. The molecular formula is C24H32N4O3. The summed E-state index contributed by atoms with van der Waals surface area (Å²) in [7, 11) is 1.61. The van der Waals surface area contributed by atoms with E-state index >= 15 is 0 Å². The van der Waals surface area contributed by atoms with E-state index in [1.54, 1.807) is 7.11 Å². The highest BCUT2D eigenvalue weighted by molar-refractivity contribution is 6.02. The summed E-state index contributed by atoms with van der Waals surface area (Å²) in [5.41, 5.74) is 2.74. The van der Waals surface area contributed by atoms with E-state index in [0.29, 0.717) is 37.6 Å². The van der Waals surface area contributed by atoms with Crippen LogP contribution in [0.2, 0.25) is 0 Å². The number of morpholine rings is 1. The van der Waals surface area contributed by atoms with Crippen LogP contribution in [-0.4, -0.2) is 88.4 Å². The van der Waals surface area contributed by atoms with Crippen molar-refractivity contribution in [1.29, 1.82) is 0 Å². The van der Waals surface area contributed by atoms with Crippen molar-refractivity contribution in [3.63, 3.8) is 0 Å². The van der Waals surface area contributed by atoms with Crippen LogP contribution in [0, 0.1) is 0 Å². The number of nitrogens with zero attached hydrogens (tertiary/aromatic N) is 3. The number of ether oxygens (including phenoxy) is 2. The third-order valence-corrected chi connectivity index (χ3v) is 6.00. The fraction of sp³-hybridized carbons (Fsp3) is 0.458. The lowest BCUT2D eigenvalue weighted by molar-refractivity contribution is 0.0301. The molecule has 0 atom stereocenters. The van der Waals surface area contributed by atoms with Crippen LogP contribution in [0.15, 0.2) is 48.5 Å². The second-order valence-corrected chi connectivity index (χ2v) is 7.88. The van der Waals surface area contributed by atoms with Crippen molar-refractivity contribution in [3.05, 3.63) is 54.1 Å². The second-order valence-electron chi connectivity index (χ2n) is 7.88. The molecule has 2 aliphatic heterocycles. The molecule has 1 N–H and O–H groups in total. The maximum Gasteiger partial charge on any atom is 0.259 e.